The van der Waals surface area contributed by atoms with Gasteiger partial charge in [0.05, 0.1) is 12.7 Å². The van der Waals surface area contributed by atoms with Gasteiger partial charge in [-0.1, -0.05) is 0 Å². The Morgan fingerprint density at radius 1 is 1.54 bits per heavy atom. The highest BCUT2D eigenvalue weighted by molar-refractivity contribution is 4.70. The van der Waals surface area contributed by atoms with E-state index in [9.17, 15) is 0 Å². The van der Waals surface area contributed by atoms with E-state index in [-0.39, 0.29) is 6.04 Å². The van der Waals surface area contributed by atoms with E-state index in [0.717, 1.165) is 19.6 Å². The van der Waals surface area contributed by atoms with Gasteiger partial charge in [-0.15, -0.1) is 0 Å². The molecular weight excluding hydrogens is 166 g/mol. The summed E-state index contributed by atoms with van der Waals surface area (Å²) in [7, 11) is 0. The average Bonchev–Trinajstić information content (AvgIpc) is 2.16. The standard InChI is InChI=1S/C10H21NO2/c1-2-12-8-9(11)7-10-5-3-4-6-13-10/h9-10H,2-8,11H2,1H3. The molecule has 0 aromatic heterocycles. The Morgan fingerprint density at radius 2 is 2.38 bits per heavy atom. The van der Waals surface area contributed by atoms with Crippen molar-refractivity contribution in [2.45, 2.75) is 44.8 Å². The summed E-state index contributed by atoms with van der Waals surface area (Å²) in [6.07, 6.45) is 4.98. The van der Waals surface area contributed by atoms with Gasteiger partial charge in [-0.3, -0.25) is 0 Å². The molecule has 0 aromatic carbocycles. The Hall–Kier alpha value is -0.120. The van der Waals surface area contributed by atoms with Crippen LogP contribution in [-0.4, -0.2) is 32.0 Å². The summed E-state index contributed by atoms with van der Waals surface area (Å²) in [6, 6.07) is 0.142. The molecule has 0 aliphatic carbocycles. The molecule has 1 fully saturated rings. The van der Waals surface area contributed by atoms with Crippen LogP contribution in [0.3, 0.4) is 0 Å². The molecule has 3 nitrogen and oxygen atoms in total. The van der Waals surface area contributed by atoms with Crippen molar-refractivity contribution in [3.8, 4) is 0 Å². The van der Waals surface area contributed by atoms with Crippen LogP contribution in [0.4, 0.5) is 0 Å². The Bertz CT molecular complexity index is 124. The third kappa shape index (κ3) is 4.60. The molecule has 0 bridgehead atoms. The maximum atomic E-state index is 5.89. The Kier molecular flexibility index (Phi) is 5.35. The summed E-state index contributed by atoms with van der Waals surface area (Å²) in [5, 5.41) is 0. The van der Waals surface area contributed by atoms with E-state index in [1.807, 2.05) is 6.92 Å². The monoisotopic (exact) mass is 187 g/mol. The zero-order valence-electron chi connectivity index (χ0n) is 8.50. The minimum absolute atomic E-state index is 0.142. The van der Waals surface area contributed by atoms with Crippen molar-refractivity contribution in [3.05, 3.63) is 0 Å². The lowest BCUT2D eigenvalue weighted by molar-refractivity contribution is 0.000749. The van der Waals surface area contributed by atoms with Crippen molar-refractivity contribution in [1.29, 1.82) is 0 Å². The molecule has 2 atom stereocenters. The predicted molar refractivity (Wildman–Crippen MR) is 52.7 cm³/mol. The first-order chi connectivity index (χ1) is 6.33. The molecule has 13 heavy (non-hydrogen) atoms. The topological polar surface area (TPSA) is 44.5 Å². The molecule has 0 spiro atoms. The highest BCUT2D eigenvalue weighted by Gasteiger charge is 2.16. The van der Waals surface area contributed by atoms with Gasteiger partial charge in [0.1, 0.15) is 0 Å². The number of hydrogen-bond acceptors (Lipinski definition) is 3. The highest BCUT2D eigenvalue weighted by atomic mass is 16.5. The molecule has 1 saturated heterocycles. The van der Waals surface area contributed by atoms with Gasteiger partial charge < -0.3 is 15.2 Å². The first kappa shape index (κ1) is 11.0. The van der Waals surface area contributed by atoms with Crippen molar-refractivity contribution in [1.82, 2.24) is 0 Å². The van der Waals surface area contributed by atoms with Gasteiger partial charge in [-0.05, 0) is 32.6 Å². The number of rotatable bonds is 5. The second kappa shape index (κ2) is 6.35. The zero-order valence-corrected chi connectivity index (χ0v) is 8.50. The first-order valence-corrected chi connectivity index (χ1v) is 5.28. The minimum Gasteiger partial charge on any atom is -0.380 e. The van der Waals surface area contributed by atoms with E-state index in [1.165, 1.54) is 19.3 Å². The summed E-state index contributed by atoms with van der Waals surface area (Å²) < 4.78 is 10.8. The van der Waals surface area contributed by atoms with E-state index in [1.54, 1.807) is 0 Å². The van der Waals surface area contributed by atoms with E-state index < -0.39 is 0 Å². The second-order valence-electron chi connectivity index (χ2n) is 3.64. The number of hydrogen-bond donors (Lipinski definition) is 1. The molecule has 3 heteroatoms. The van der Waals surface area contributed by atoms with E-state index in [4.69, 9.17) is 15.2 Å². The number of ether oxygens (including phenoxy) is 2. The van der Waals surface area contributed by atoms with Crippen LogP contribution in [0.5, 0.6) is 0 Å². The fraction of sp³-hybridized carbons (Fsp3) is 1.00. The molecule has 0 saturated carbocycles. The smallest absolute Gasteiger partial charge is 0.0618 e. The summed E-state index contributed by atoms with van der Waals surface area (Å²) in [5.74, 6) is 0. The maximum Gasteiger partial charge on any atom is 0.0618 e. The highest BCUT2D eigenvalue weighted by Crippen LogP contribution is 2.16. The fourth-order valence-electron chi connectivity index (χ4n) is 1.67. The van der Waals surface area contributed by atoms with Crippen molar-refractivity contribution < 1.29 is 9.47 Å². The Morgan fingerprint density at radius 3 is 3.00 bits per heavy atom. The molecule has 1 heterocycles. The normalized spacial score (nSPS) is 25.8. The fourth-order valence-corrected chi connectivity index (χ4v) is 1.67. The van der Waals surface area contributed by atoms with Gasteiger partial charge in [0.25, 0.3) is 0 Å². The van der Waals surface area contributed by atoms with Gasteiger partial charge in [-0.2, -0.15) is 0 Å². The molecule has 0 amide bonds. The largest absolute Gasteiger partial charge is 0.380 e. The SMILES string of the molecule is CCOCC(N)CC1CCCCO1. The average molecular weight is 187 g/mol. The van der Waals surface area contributed by atoms with E-state index >= 15 is 0 Å². The molecule has 2 unspecified atom stereocenters. The van der Waals surface area contributed by atoms with E-state index in [2.05, 4.69) is 0 Å². The summed E-state index contributed by atoms with van der Waals surface area (Å²) in [6.45, 7) is 4.31. The predicted octanol–water partition coefficient (Wildman–Crippen LogP) is 1.31. The first-order valence-electron chi connectivity index (χ1n) is 5.28. The maximum absolute atomic E-state index is 5.89. The summed E-state index contributed by atoms with van der Waals surface area (Å²) in [4.78, 5) is 0. The lowest BCUT2D eigenvalue weighted by atomic mass is 10.0. The van der Waals surface area contributed by atoms with Gasteiger partial charge in [0.15, 0.2) is 0 Å². The number of nitrogens with two attached hydrogens (primary N) is 1. The van der Waals surface area contributed by atoms with Crippen LogP contribution < -0.4 is 5.73 Å². The Balaban J connectivity index is 2.07. The molecule has 1 aliphatic heterocycles. The summed E-state index contributed by atoms with van der Waals surface area (Å²) >= 11 is 0. The lowest BCUT2D eigenvalue weighted by Crippen LogP contribution is -2.33. The third-order valence-electron chi connectivity index (χ3n) is 2.38. The molecule has 2 N–H and O–H groups in total. The molecule has 0 aromatic rings. The molecular formula is C10H21NO2. The second-order valence-corrected chi connectivity index (χ2v) is 3.64. The van der Waals surface area contributed by atoms with Crippen LogP contribution in [0.25, 0.3) is 0 Å². The molecule has 1 aliphatic rings. The van der Waals surface area contributed by atoms with Crippen LogP contribution in [0.15, 0.2) is 0 Å². The molecule has 0 radical (unpaired) electrons. The van der Waals surface area contributed by atoms with Gasteiger partial charge in [-0.25, -0.2) is 0 Å². The summed E-state index contributed by atoms with van der Waals surface area (Å²) in [5.41, 5.74) is 5.89. The zero-order chi connectivity index (χ0) is 9.52. The van der Waals surface area contributed by atoms with Crippen LogP contribution in [-0.2, 0) is 9.47 Å². The molecule has 78 valence electrons. The molecule has 1 rings (SSSR count). The van der Waals surface area contributed by atoms with Crippen LogP contribution in [0.1, 0.15) is 32.6 Å². The van der Waals surface area contributed by atoms with Crippen molar-refractivity contribution in [2.75, 3.05) is 19.8 Å². The minimum atomic E-state index is 0.142. The third-order valence-corrected chi connectivity index (χ3v) is 2.38. The quantitative estimate of drug-likeness (QED) is 0.705. The van der Waals surface area contributed by atoms with Crippen LogP contribution in [0.2, 0.25) is 0 Å². The van der Waals surface area contributed by atoms with Gasteiger partial charge in [0, 0.05) is 19.3 Å². The van der Waals surface area contributed by atoms with Crippen molar-refractivity contribution in [3.63, 3.8) is 0 Å². The van der Waals surface area contributed by atoms with Gasteiger partial charge >= 0.3 is 0 Å². The Labute approximate surface area is 80.6 Å². The van der Waals surface area contributed by atoms with E-state index in [0.29, 0.717) is 12.7 Å². The van der Waals surface area contributed by atoms with Gasteiger partial charge in [0.2, 0.25) is 0 Å². The van der Waals surface area contributed by atoms with Crippen molar-refractivity contribution >= 4 is 0 Å². The van der Waals surface area contributed by atoms with Crippen LogP contribution >= 0.6 is 0 Å². The van der Waals surface area contributed by atoms with Crippen molar-refractivity contribution in [2.24, 2.45) is 5.73 Å². The lowest BCUT2D eigenvalue weighted by Gasteiger charge is -2.25. The van der Waals surface area contributed by atoms with Crippen LogP contribution in [0, 0.1) is 0 Å².